The molecule has 6 heterocycles. The first-order valence-electron chi connectivity index (χ1n) is 20.1. The molecule has 13 nitrogen and oxygen atoms in total. The van der Waals surface area contributed by atoms with E-state index in [0.29, 0.717) is 40.3 Å². The highest BCUT2D eigenvalue weighted by atomic mass is 31.2. The first kappa shape index (κ1) is 40.4. The van der Waals surface area contributed by atoms with Gasteiger partial charge in [0.15, 0.2) is 11.6 Å². The Labute approximate surface area is 350 Å². The topological polar surface area (TPSA) is 135 Å². The van der Waals surface area contributed by atoms with Crippen LogP contribution in [0.3, 0.4) is 0 Å². The fourth-order valence-electron chi connectivity index (χ4n) is 8.81. The van der Waals surface area contributed by atoms with Crippen molar-refractivity contribution in [1.82, 2.24) is 24.4 Å². The molecule has 0 unspecified atom stereocenters. The van der Waals surface area contributed by atoms with E-state index in [2.05, 4.69) is 26.8 Å². The highest BCUT2D eigenvalue weighted by Crippen LogP contribution is 2.56. The van der Waals surface area contributed by atoms with Crippen molar-refractivity contribution in [2.45, 2.75) is 32.6 Å². The van der Waals surface area contributed by atoms with Crippen LogP contribution >= 0.6 is 7.75 Å². The molecule has 0 saturated carbocycles. The number of carbonyl (C=O) groups excluding carboxylic acids is 1. The Balaban J connectivity index is 1.24. The summed E-state index contributed by atoms with van der Waals surface area (Å²) in [6.45, 7) is 3.83. The molecule has 2 fully saturated rings. The van der Waals surface area contributed by atoms with Crippen LogP contribution in [0.25, 0.3) is 44.1 Å². The van der Waals surface area contributed by atoms with Crippen LogP contribution in [-0.2, 0) is 38.6 Å². The maximum Gasteiger partial charge on any atom is 0.435 e. The van der Waals surface area contributed by atoms with Gasteiger partial charge in [0, 0.05) is 75.6 Å². The Morgan fingerprint density at radius 3 is 2.31 bits per heavy atom. The van der Waals surface area contributed by atoms with E-state index in [9.17, 15) is 9.59 Å². The molecular weight excluding hydrogens is 804 g/mol. The van der Waals surface area contributed by atoms with Crippen LogP contribution < -0.4 is 15.0 Å². The predicted octanol–water partition coefficient (Wildman–Crippen LogP) is 8.20. The first-order chi connectivity index (χ1) is 29.5. The molecule has 2 aliphatic rings. The number of likely N-dealkylation sites (tertiary alicyclic amines) is 1. The number of rotatable bonds is 12. The van der Waals surface area contributed by atoms with Gasteiger partial charge in [0.2, 0.25) is 5.43 Å². The van der Waals surface area contributed by atoms with E-state index in [0.717, 1.165) is 36.7 Å². The number of anilines is 2. The molecule has 3 aromatic carbocycles. The molecule has 2 aliphatic heterocycles. The molecule has 7 aromatic rings. The molecule has 2 saturated heterocycles. The second-order valence-corrected chi connectivity index (χ2v) is 17.7. The van der Waals surface area contributed by atoms with Gasteiger partial charge in [0.05, 0.1) is 52.9 Å². The van der Waals surface area contributed by atoms with Crippen molar-refractivity contribution in [3.8, 4) is 11.1 Å². The Bertz CT molecular complexity index is 2880. The second kappa shape index (κ2) is 16.1. The summed E-state index contributed by atoms with van der Waals surface area (Å²) < 4.78 is 68.3. The van der Waals surface area contributed by atoms with Crippen molar-refractivity contribution in [3.05, 3.63) is 130 Å². The van der Waals surface area contributed by atoms with Gasteiger partial charge in [-0.25, -0.2) is 28.1 Å². The number of H-pyrrole nitrogens is 1. The summed E-state index contributed by atoms with van der Waals surface area (Å²) >= 11 is 0. The third-order valence-electron chi connectivity index (χ3n) is 11.8. The quantitative estimate of drug-likeness (QED) is 0.0942. The molecule has 4 aromatic heterocycles. The number of hydrogen-bond acceptors (Lipinski definition) is 10. The van der Waals surface area contributed by atoms with E-state index in [-0.39, 0.29) is 59.0 Å². The number of aryl methyl sites for hydroxylation is 1. The molecule has 1 N–H and O–H groups in total. The normalized spacial score (nSPS) is 16.9. The van der Waals surface area contributed by atoms with Crippen molar-refractivity contribution >= 4 is 58.1 Å². The molecule has 0 spiro atoms. The van der Waals surface area contributed by atoms with Gasteiger partial charge >= 0.3 is 13.7 Å². The number of aromatic nitrogens is 4. The number of halogens is 2. The molecule has 2 atom stereocenters. The van der Waals surface area contributed by atoms with Crippen molar-refractivity contribution in [3.63, 3.8) is 0 Å². The molecule has 0 aliphatic carbocycles. The van der Waals surface area contributed by atoms with Gasteiger partial charge in [-0.2, -0.15) is 0 Å². The molecular formula is C45H44F2N7O6P. The van der Waals surface area contributed by atoms with Gasteiger partial charge in [0.1, 0.15) is 16.9 Å². The van der Waals surface area contributed by atoms with Crippen molar-refractivity contribution in [2.24, 2.45) is 13.0 Å². The zero-order chi connectivity index (χ0) is 42.6. The Morgan fingerprint density at radius 2 is 1.64 bits per heavy atom. The summed E-state index contributed by atoms with van der Waals surface area (Å²) in [5, 5.41) is 0.397. The van der Waals surface area contributed by atoms with Gasteiger partial charge in [-0.15, -0.1) is 0 Å². The number of pyridine rings is 3. The SMILES string of the molecule is CCOC(=O)c1cn(C)c2ncc(-c3cnc4[nH]c5c(N(C)P(=O)(OCc6ccccc6)OCc6ccccc6)cc(F)c(F)c5c4c3N3CC[C@@H]4CN(C)C[C@@H]43)cc2c1=O. The smallest absolute Gasteiger partial charge is 0.435 e. The first-order valence-corrected chi connectivity index (χ1v) is 21.6. The number of esters is 1. The number of aromatic amines is 1. The number of ether oxygens (including phenoxy) is 1. The van der Waals surface area contributed by atoms with Crippen LogP contribution in [0.1, 0.15) is 34.8 Å². The van der Waals surface area contributed by atoms with Crippen molar-refractivity contribution in [2.75, 3.05) is 49.9 Å². The third-order valence-corrected chi connectivity index (χ3v) is 13.6. The molecule has 61 heavy (non-hydrogen) atoms. The molecule has 9 rings (SSSR count). The maximum absolute atomic E-state index is 16.8. The minimum atomic E-state index is -4.29. The zero-order valence-electron chi connectivity index (χ0n) is 34.1. The van der Waals surface area contributed by atoms with Gasteiger partial charge in [-0.05, 0) is 43.5 Å². The summed E-state index contributed by atoms with van der Waals surface area (Å²) in [7, 11) is 0.929. The van der Waals surface area contributed by atoms with Gasteiger partial charge < -0.3 is 24.1 Å². The third kappa shape index (κ3) is 7.24. The number of benzene rings is 3. The van der Waals surface area contributed by atoms with E-state index in [1.54, 1.807) is 37.0 Å². The summed E-state index contributed by atoms with van der Waals surface area (Å²) in [5.74, 6) is -2.72. The molecule has 0 amide bonds. The number of nitrogens with one attached hydrogen (secondary N) is 1. The van der Waals surface area contributed by atoms with Crippen LogP contribution in [0.4, 0.5) is 20.2 Å². The molecule has 0 bridgehead atoms. The molecule has 314 valence electrons. The average molecular weight is 848 g/mol. The van der Waals surface area contributed by atoms with Crippen molar-refractivity contribution < 1.29 is 31.9 Å². The zero-order valence-corrected chi connectivity index (χ0v) is 35.0. The number of carbonyl (C=O) groups is 1. The number of hydrogen-bond donors (Lipinski definition) is 1. The summed E-state index contributed by atoms with van der Waals surface area (Å²) in [6, 6.07) is 21.0. The lowest BCUT2D eigenvalue weighted by atomic mass is 9.99. The predicted molar refractivity (Wildman–Crippen MR) is 231 cm³/mol. The highest BCUT2D eigenvalue weighted by Gasteiger charge is 2.42. The highest BCUT2D eigenvalue weighted by molar-refractivity contribution is 7.55. The lowest BCUT2D eigenvalue weighted by Crippen LogP contribution is -2.35. The fraction of sp³-hybridized carbons (Fsp3) is 0.289. The van der Waals surface area contributed by atoms with Gasteiger partial charge in [-0.1, -0.05) is 60.7 Å². The summed E-state index contributed by atoms with van der Waals surface area (Å²) in [4.78, 5) is 43.9. The van der Waals surface area contributed by atoms with Crippen molar-refractivity contribution in [1.29, 1.82) is 0 Å². The summed E-state index contributed by atoms with van der Waals surface area (Å²) in [5.41, 5.74) is 3.18. The Morgan fingerprint density at radius 1 is 0.951 bits per heavy atom. The number of fused-ring (bicyclic) bond motifs is 5. The number of nitrogens with zero attached hydrogens (tertiary/aromatic N) is 6. The number of likely N-dealkylation sites (N-methyl/N-ethyl adjacent to an activating group) is 1. The second-order valence-electron chi connectivity index (χ2n) is 15.6. The minimum Gasteiger partial charge on any atom is -0.462 e. The summed E-state index contributed by atoms with van der Waals surface area (Å²) in [6.07, 6.45) is 5.52. The van der Waals surface area contributed by atoms with Crippen LogP contribution in [0.15, 0.2) is 96.2 Å². The van der Waals surface area contributed by atoms with E-state index in [4.69, 9.17) is 18.8 Å². The Hall–Kier alpha value is -5.99. The van der Waals surface area contributed by atoms with E-state index in [1.807, 2.05) is 60.7 Å². The lowest BCUT2D eigenvalue weighted by molar-refractivity contribution is 0.0524. The standard InChI is InChI=1S/C45H44F2N7O6P/c1-5-58-45(56)33-23-52(3)44-31(42(33)55)18-30(20-49-44)32-21-48-43-38(41(32)54-17-16-29-22-51(2)24-36(29)54)37-39(47)34(46)19-35(40(37)50-43)53(4)61(57,59-25-27-12-8-6-9-13-27)60-26-28-14-10-7-11-15-28/h6-15,18-21,23,29,36H,5,16-17,22,24-26H2,1-4H3,(H,48,50)/t29-,36+/m1/s1. The van der Waals surface area contributed by atoms with E-state index >= 15 is 13.3 Å². The maximum atomic E-state index is 16.8. The molecule has 16 heteroatoms. The van der Waals surface area contributed by atoms with Crippen LogP contribution in [0.5, 0.6) is 0 Å². The van der Waals surface area contributed by atoms with E-state index < -0.39 is 30.8 Å². The Kier molecular flexibility index (Phi) is 10.7. The monoisotopic (exact) mass is 847 g/mol. The van der Waals surface area contributed by atoms with Gasteiger partial charge in [-0.3, -0.25) is 18.5 Å². The average Bonchev–Trinajstić information content (AvgIpc) is 3.97. The fourth-order valence-corrected chi connectivity index (χ4v) is 10.3. The van der Waals surface area contributed by atoms with Crippen LogP contribution in [0.2, 0.25) is 0 Å². The largest absolute Gasteiger partial charge is 0.462 e. The molecule has 0 radical (unpaired) electrons. The minimum absolute atomic E-state index is 0.0334. The van der Waals surface area contributed by atoms with Gasteiger partial charge in [0.25, 0.3) is 0 Å². The van der Waals surface area contributed by atoms with Crippen LogP contribution in [-0.4, -0.2) is 76.8 Å². The van der Waals surface area contributed by atoms with E-state index in [1.165, 1.54) is 17.9 Å². The lowest BCUT2D eigenvalue weighted by Gasteiger charge is -2.30. The van der Waals surface area contributed by atoms with Crippen LogP contribution in [0, 0.1) is 17.6 Å².